The second-order valence-corrected chi connectivity index (χ2v) is 5.32. The largest absolute Gasteiger partial charge is 0.481 e. The van der Waals surface area contributed by atoms with E-state index in [9.17, 15) is 4.79 Å². The summed E-state index contributed by atoms with van der Waals surface area (Å²) in [6.45, 7) is 5.01. The summed E-state index contributed by atoms with van der Waals surface area (Å²) in [5.74, 6) is 1.05. The van der Waals surface area contributed by atoms with Crippen LogP contribution in [0.3, 0.4) is 0 Å². The maximum absolute atomic E-state index is 10.9. The van der Waals surface area contributed by atoms with Gasteiger partial charge in [-0.1, -0.05) is 20.3 Å². The summed E-state index contributed by atoms with van der Waals surface area (Å²) < 4.78 is 5.69. The second-order valence-electron chi connectivity index (χ2n) is 4.25. The first kappa shape index (κ1) is 12.8. The van der Waals surface area contributed by atoms with E-state index in [-0.39, 0.29) is 12.0 Å². The third kappa shape index (κ3) is 4.03. The molecule has 1 saturated heterocycles. The summed E-state index contributed by atoms with van der Waals surface area (Å²) in [4.78, 5) is 10.9. The van der Waals surface area contributed by atoms with Crippen molar-refractivity contribution in [2.45, 2.75) is 32.8 Å². The van der Waals surface area contributed by atoms with Crippen molar-refractivity contribution in [3.8, 4) is 0 Å². The van der Waals surface area contributed by atoms with Crippen molar-refractivity contribution in [2.24, 2.45) is 11.8 Å². The number of carboxylic acids is 1. The van der Waals surface area contributed by atoms with Crippen molar-refractivity contribution in [2.75, 3.05) is 18.1 Å². The Morgan fingerprint density at radius 3 is 2.93 bits per heavy atom. The molecule has 0 spiro atoms. The van der Waals surface area contributed by atoms with E-state index in [0.29, 0.717) is 18.3 Å². The fourth-order valence-electron chi connectivity index (χ4n) is 1.79. The van der Waals surface area contributed by atoms with Crippen LogP contribution in [0.5, 0.6) is 0 Å². The highest BCUT2D eigenvalue weighted by molar-refractivity contribution is 7.99. The molecule has 15 heavy (non-hydrogen) atoms. The molecule has 3 unspecified atom stereocenters. The fourth-order valence-corrected chi connectivity index (χ4v) is 3.10. The molecule has 0 saturated carbocycles. The fraction of sp³-hybridized carbons (Fsp3) is 0.909. The van der Waals surface area contributed by atoms with E-state index in [4.69, 9.17) is 9.84 Å². The smallest absolute Gasteiger partial charge is 0.310 e. The van der Waals surface area contributed by atoms with Gasteiger partial charge in [-0.05, 0) is 12.3 Å². The van der Waals surface area contributed by atoms with E-state index in [2.05, 4.69) is 13.8 Å². The predicted octanol–water partition coefficient (Wildman–Crippen LogP) is 2.26. The van der Waals surface area contributed by atoms with Crippen LogP contribution in [-0.4, -0.2) is 35.3 Å². The minimum Gasteiger partial charge on any atom is -0.481 e. The van der Waals surface area contributed by atoms with Crippen molar-refractivity contribution in [3.63, 3.8) is 0 Å². The average molecular weight is 232 g/mol. The first-order chi connectivity index (χ1) is 7.15. The van der Waals surface area contributed by atoms with Gasteiger partial charge in [0.25, 0.3) is 0 Å². The van der Waals surface area contributed by atoms with E-state index in [1.54, 1.807) is 11.8 Å². The van der Waals surface area contributed by atoms with Gasteiger partial charge in [-0.2, -0.15) is 11.8 Å². The number of ether oxygens (including phenoxy) is 1. The van der Waals surface area contributed by atoms with Crippen LogP contribution in [0.2, 0.25) is 0 Å². The van der Waals surface area contributed by atoms with Crippen molar-refractivity contribution in [1.29, 1.82) is 0 Å². The first-order valence-corrected chi connectivity index (χ1v) is 6.72. The Balaban J connectivity index is 2.28. The third-order valence-corrected chi connectivity index (χ3v) is 3.88. The summed E-state index contributed by atoms with van der Waals surface area (Å²) in [5, 5.41) is 8.96. The van der Waals surface area contributed by atoms with Gasteiger partial charge in [0.05, 0.1) is 12.0 Å². The number of carbonyl (C=O) groups is 1. The second kappa shape index (κ2) is 6.38. The van der Waals surface area contributed by atoms with Crippen molar-refractivity contribution >= 4 is 17.7 Å². The zero-order chi connectivity index (χ0) is 11.3. The lowest BCUT2D eigenvalue weighted by atomic mass is 10.1. The normalized spacial score (nSPS) is 27.9. The van der Waals surface area contributed by atoms with Crippen LogP contribution in [0.25, 0.3) is 0 Å². The van der Waals surface area contributed by atoms with Gasteiger partial charge in [0.15, 0.2) is 0 Å². The van der Waals surface area contributed by atoms with E-state index in [0.717, 1.165) is 18.6 Å². The van der Waals surface area contributed by atoms with Crippen molar-refractivity contribution in [3.05, 3.63) is 0 Å². The van der Waals surface area contributed by atoms with E-state index in [1.807, 2.05) is 0 Å². The van der Waals surface area contributed by atoms with E-state index < -0.39 is 5.97 Å². The lowest BCUT2D eigenvalue weighted by Crippen LogP contribution is -2.30. The van der Waals surface area contributed by atoms with Gasteiger partial charge in [0, 0.05) is 18.1 Å². The molecule has 1 N–H and O–H groups in total. The Bertz CT molecular complexity index is 208. The molecule has 0 bridgehead atoms. The quantitative estimate of drug-likeness (QED) is 0.763. The molecule has 0 aromatic rings. The molecule has 1 rings (SSSR count). The Labute approximate surface area is 95.6 Å². The number of aliphatic carboxylic acids is 1. The lowest BCUT2D eigenvalue weighted by molar-refractivity contribution is -0.145. The molecule has 3 nitrogen and oxygen atoms in total. The molecule has 0 aromatic carbocycles. The summed E-state index contributed by atoms with van der Waals surface area (Å²) in [6, 6.07) is 0. The van der Waals surface area contributed by atoms with Crippen molar-refractivity contribution in [1.82, 2.24) is 0 Å². The van der Waals surface area contributed by atoms with Gasteiger partial charge >= 0.3 is 5.97 Å². The zero-order valence-corrected chi connectivity index (χ0v) is 10.3. The first-order valence-electron chi connectivity index (χ1n) is 5.57. The number of carboxylic acid groups (broad SMARTS) is 1. The summed E-state index contributed by atoms with van der Waals surface area (Å²) in [5.41, 5.74) is 0. The van der Waals surface area contributed by atoms with E-state index >= 15 is 0 Å². The average Bonchev–Trinajstić information content (AvgIpc) is 2.63. The molecular weight excluding hydrogens is 212 g/mol. The molecule has 1 heterocycles. The summed E-state index contributed by atoms with van der Waals surface area (Å²) in [7, 11) is 0. The zero-order valence-electron chi connectivity index (χ0n) is 9.44. The summed E-state index contributed by atoms with van der Waals surface area (Å²) >= 11 is 1.68. The van der Waals surface area contributed by atoms with Crippen LogP contribution in [-0.2, 0) is 9.53 Å². The van der Waals surface area contributed by atoms with Crippen LogP contribution < -0.4 is 0 Å². The van der Waals surface area contributed by atoms with Crippen LogP contribution in [0.4, 0.5) is 0 Å². The molecule has 1 aliphatic heterocycles. The highest BCUT2D eigenvalue weighted by Crippen LogP contribution is 2.27. The van der Waals surface area contributed by atoms with Crippen LogP contribution in [0.1, 0.15) is 26.7 Å². The minimum atomic E-state index is -0.715. The number of hydrogen-bond donors (Lipinski definition) is 1. The van der Waals surface area contributed by atoms with Gasteiger partial charge in [-0.3, -0.25) is 4.79 Å². The van der Waals surface area contributed by atoms with Crippen molar-refractivity contribution < 1.29 is 14.6 Å². The maximum Gasteiger partial charge on any atom is 0.310 e. The predicted molar refractivity (Wildman–Crippen MR) is 62.3 cm³/mol. The van der Waals surface area contributed by atoms with Gasteiger partial charge < -0.3 is 9.84 Å². The molecule has 0 radical (unpaired) electrons. The minimum absolute atomic E-state index is 0.0770. The molecule has 1 fully saturated rings. The maximum atomic E-state index is 10.9. The highest BCUT2D eigenvalue weighted by Gasteiger charge is 2.34. The topological polar surface area (TPSA) is 46.5 Å². The Morgan fingerprint density at radius 2 is 2.33 bits per heavy atom. The number of thioether (sulfide) groups is 1. The SMILES string of the molecule is CCCC(C)COC1CSCC1C(=O)O. The molecule has 0 aliphatic carbocycles. The number of hydrogen-bond acceptors (Lipinski definition) is 3. The lowest BCUT2D eigenvalue weighted by Gasteiger charge is -2.18. The molecule has 0 amide bonds. The third-order valence-electron chi connectivity index (χ3n) is 2.72. The molecule has 3 atom stereocenters. The molecular formula is C11H20O3S. The highest BCUT2D eigenvalue weighted by atomic mass is 32.2. The van der Waals surface area contributed by atoms with Gasteiger partial charge in [-0.25, -0.2) is 0 Å². The van der Waals surface area contributed by atoms with Gasteiger partial charge in [0.1, 0.15) is 0 Å². The molecule has 1 aliphatic rings. The van der Waals surface area contributed by atoms with Crippen LogP contribution in [0, 0.1) is 11.8 Å². The van der Waals surface area contributed by atoms with Gasteiger partial charge in [-0.15, -0.1) is 0 Å². The Kier molecular flexibility index (Phi) is 5.47. The van der Waals surface area contributed by atoms with Crippen LogP contribution >= 0.6 is 11.8 Å². The van der Waals surface area contributed by atoms with Crippen LogP contribution in [0.15, 0.2) is 0 Å². The number of rotatable bonds is 6. The molecule has 88 valence electrons. The van der Waals surface area contributed by atoms with Gasteiger partial charge in [0.2, 0.25) is 0 Å². The molecule has 4 heteroatoms. The Morgan fingerprint density at radius 1 is 1.60 bits per heavy atom. The Hall–Kier alpha value is -0.220. The standard InChI is InChI=1S/C11H20O3S/c1-3-4-8(2)5-14-10-7-15-6-9(10)11(12)13/h8-10H,3-7H2,1-2H3,(H,12,13). The molecule has 0 aromatic heterocycles. The summed E-state index contributed by atoms with van der Waals surface area (Å²) in [6.07, 6.45) is 2.23. The van der Waals surface area contributed by atoms with E-state index in [1.165, 1.54) is 0 Å². The monoisotopic (exact) mass is 232 g/mol.